The molecule has 0 unspecified atom stereocenters. The number of hydrogen-bond donors (Lipinski definition) is 3. The lowest BCUT2D eigenvalue weighted by Gasteiger charge is -2.18. The first-order chi connectivity index (χ1) is 9.35. The van der Waals surface area contributed by atoms with Crippen LogP contribution in [0.3, 0.4) is 0 Å². The van der Waals surface area contributed by atoms with Gasteiger partial charge in [0.2, 0.25) is 0 Å². The fraction of sp³-hybridized carbons (Fsp3) is 1.00. The van der Waals surface area contributed by atoms with E-state index in [1.807, 2.05) is 0 Å². The number of aliphatic hydroxyl groups excluding tert-OH is 3. The topological polar surface area (TPSA) is 88.4 Å². The van der Waals surface area contributed by atoms with Gasteiger partial charge < -0.3 is 29.5 Å². The minimum atomic E-state index is -0.698. The van der Waals surface area contributed by atoms with E-state index in [-0.39, 0.29) is 19.8 Å². The van der Waals surface area contributed by atoms with Crippen LogP contribution >= 0.6 is 0 Å². The second-order valence-electron chi connectivity index (χ2n) is 4.19. The van der Waals surface area contributed by atoms with Crippen molar-refractivity contribution in [3.05, 3.63) is 0 Å². The van der Waals surface area contributed by atoms with Crippen LogP contribution in [0.2, 0.25) is 0 Å². The number of rotatable bonds is 15. The molecule has 0 amide bonds. The van der Waals surface area contributed by atoms with Crippen LogP contribution in [0.25, 0.3) is 0 Å². The number of aliphatic hydroxyl groups is 3. The molecule has 0 bridgehead atoms. The summed E-state index contributed by atoms with van der Waals surface area (Å²) in [6, 6.07) is 0. The highest BCUT2D eigenvalue weighted by atomic mass is 16.8. The third-order valence-corrected chi connectivity index (χ3v) is 2.42. The van der Waals surface area contributed by atoms with E-state index in [0.29, 0.717) is 39.1 Å². The smallest absolute Gasteiger partial charge is 0.271 e. The Labute approximate surface area is 115 Å². The summed E-state index contributed by atoms with van der Waals surface area (Å²) in [6.45, 7) is 1.20. The van der Waals surface area contributed by atoms with Gasteiger partial charge in [0.1, 0.15) is 0 Å². The summed E-state index contributed by atoms with van der Waals surface area (Å²) in [6.07, 6.45) is 4.36. The molecular formula is C13H28O6. The van der Waals surface area contributed by atoms with Gasteiger partial charge in [0.25, 0.3) is 6.48 Å². The monoisotopic (exact) mass is 280 g/mol. The zero-order valence-corrected chi connectivity index (χ0v) is 11.6. The molecule has 6 heteroatoms. The van der Waals surface area contributed by atoms with Crippen LogP contribution in [-0.4, -0.2) is 61.4 Å². The molecule has 0 aliphatic heterocycles. The molecule has 6 nitrogen and oxygen atoms in total. The molecule has 0 rings (SSSR count). The molecule has 0 aromatic heterocycles. The number of unbranched alkanes of at least 4 members (excludes halogenated alkanes) is 3. The highest BCUT2D eigenvalue weighted by Gasteiger charge is 2.09. The van der Waals surface area contributed by atoms with E-state index in [1.165, 1.54) is 0 Å². The van der Waals surface area contributed by atoms with E-state index in [2.05, 4.69) is 0 Å². The highest BCUT2D eigenvalue weighted by Crippen LogP contribution is 2.04. The Hall–Kier alpha value is -0.240. The maximum Gasteiger partial charge on any atom is 0.271 e. The van der Waals surface area contributed by atoms with Gasteiger partial charge in [-0.15, -0.1) is 0 Å². The first-order valence-corrected chi connectivity index (χ1v) is 7.02. The van der Waals surface area contributed by atoms with Gasteiger partial charge in [-0.3, -0.25) is 0 Å². The molecule has 0 saturated heterocycles. The van der Waals surface area contributed by atoms with Crippen molar-refractivity contribution in [3.63, 3.8) is 0 Å². The van der Waals surface area contributed by atoms with Gasteiger partial charge in [-0.25, -0.2) is 0 Å². The molecule has 0 heterocycles. The summed E-state index contributed by atoms with van der Waals surface area (Å²) >= 11 is 0. The van der Waals surface area contributed by atoms with Crippen molar-refractivity contribution in [1.82, 2.24) is 0 Å². The third-order valence-electron chi connectivity index (χ3n) is 2.42. The number of ether oxygens (including phenoxy) is 3. The molecule has 0 spiro atoms. The van der Waals surface area contributed by atoms with Crippen molar-refractivity contribution >= 4 is 0 Å². The summed E-state index contributed by atoms with van der Waals surface area (Å²) in [5, 5.41) is 26.0. The second-order valence-corrected chi connectivity index (χ2v) is 4.19. The van der Waals surface area contributed by atoms with Crippen LogP contribution in [0.1, 0.15) is 38.5 Å². The third kappa shape index (κ3) is 14.0. The maximum atomic E-state index is 8.67. The van der Waals surface area contributed by atoms with E-state index in [1.54, 1.807) is 0 Å². The van der Waals surface area contributed by atoms with E-state index in [9.17, 15) is 0 Å². The zero-order chi connectivity index (χ0) is 14.2. The average molecular weight is 280 g/mol. The lowest BCUT2D eigenvalue weighted by Crippen LogP contribution is -2.23. The summed E-state index contributed by atoms with van der Waals surface area (Å²) in [4.78, 5) is 0. The Balaban J connectivity index is 3.66. The van der Waals surface area contributed by atoms with E-state index in [4.69, 9.17) is 29.5 Å². The van der Waals surface area contributed by atoms with Gasteiger partial charge in [-0.05, 0) is 38.5 Å². The van der Waals surface area contributed by atoms with E-state index < -0.39 is 6.48 Å². The van der Waals surface area contributed by atoms with Crippen molar-refractivity contribution in [2.75, 3.05) is 39.6 Å². The van der Waals surface area contributed by atoms with Gasteiger partial charge in [-0.1, -0.05) is 0 Å². The minimum Gasteiger partial charge on any atom is -0.396 e. The molecule has 0 atom stereocenters. The van der Waals surface area contributed by atoms with Crippen LogP contribution in [0.15, 0.2) is 0 Å². The van der Waals surface area contributed by atoms with E-state index >= 15 is 0 Å². The van der Waals surface area contributed by atoms with Crippen LogP contribution in [-0.2, 0) is 14.2 Å². The van der Waals surface area contributed by atoms with Gasteiger partial charge in [0.05, 0.1) is 19.8 Å². The normalized spacial score (nSPS) is 11.4. The summed E-state index contributed by atoms with van der Waals surface area (Å²) in [5.41, 5.74) is 0. The first-order valence-electron chi connectivity index (χ1n) is 7.02. The minimum absolute atomic E-state index is 0.155. The molecule has 0 fully saturated rings. The highest BCUT2D eigenvalue weighted by molar-refractivity contribution is 4.41. The van der Waals surface area contributed by atoms with Crippen molar-refractivity contribution in [2.24, 2.45) is 0 Å². The molecule has 0 radical (unpaired) electrons. The second kappa shape index (κ2) is 15.8. The first kappa shape index (κ1) is 18.8. The quantitative estimate of drug-likeness (QED) is 0.301. The Kier molecular flexibility index (Phi) is 15.6. The molecular weight excluding hydrogens is 252 g/mol. The Morgan fingerprint density at radius 1 is 0.526 bits per heavy atom. The Morgan fingerprint density at radius 3 is 1.11 bits per heavy atom. The molecule has 0 aromatic carbocycles. The van der Waals surface area contributed by atoms with Crippen molar-refractivity contribution in [3.8, 4) is 0 Å². The standard InChI is InChI=1S/C13H28O6/c14-7-1-4-10-17-13(18-11-5-2-8-15)19-12-6-3-9-16/h13-16H,1-12H2. The predicted octanol–water partition coefficient (Wildman–Crippen LogP) is 0.637. The van der Waals surface area contributed by atoms with Crippen LogP contribution in [0, 0.1) is 0 Å². The molecule has 116 valence electrons. The fourth-order valence-corrected chi connectivity index (χ4v) is 1.32. The lowest BCUT2D eigenvalue weighted by atomic mass is 10.3. The van der Waals surface area contributed by atoms with Crippen molar-refractivity contribution < 1.29 is 29.5 Å². The van der Waals surface area contributed by atoms with Gasteiger partial charge in [0, 0.05) is 19.8 Å². The zero-order valence-electron chi connectivity index (χ0n) is 11.6. The van der Waals surface area contributed by atoms with Crippen molar-refractivity contribution in [1.29, 1.82) is 0 Å². The fourth-order valence-electron chi connectivity index (χ4n) is 1.32. The SMILES string of the molecule is OCCCCOC(OCCCCO)OCCCCO. The van der Waals surface area contributed by atoms with Gasteiger partial charge >= 0.3 is 0 Å². The summed E-state index contributed by atoms with van der Waals surface area (Å²) in [5.74, 6) is 0. The van der Waals surface area contributed by atoms with Crippen LogP contribution in [0.5, 0.6) is 0 Å². The molecule has 0 aliphatic rings. The Morgan fingerprint density at radius 2 is 0.842 bits per heavy atom. The predicted molar refractivity (Wildman–Crippen MR) is 70.6 cm³/mol. The van der Waals surface area contributed by atoms with Crippen molar-refractivity contribution in [2.45, 2.75) is 45.0 Å². The summed E-state index contributed by atoms with van der Waals surface area (Å²) < 4.78 is 16.3. The van der Waals surface area contributed by atoms with E-state index in [0.717, 1.165) is 19.3 Å². The van der Waals surface area contributed by atoms with Gasteiger partial charge in [-0.2, -0.15) is 0 Å². The molecule has 19 heavy (non-hydrogen) atoms. The van der Waals surface area contributed by atoms with Crippen LogP contribution < -0.4 is 0 Å². The lowest BCUT2D eigenvalue weighted by molar-refractivity contribution is -0.289. The largest absolute Gasteiger partial charge is 0.396 e. The molecule has 0 aromatic rings. The molecule has 3 N–H and O–H groups in total. The van der Waals surface area contributed by atoms with Crippen LogP contribution in [0.4, 0.5) is 0 Å². The average Bonchev–Trinajstić information content (AvgIpc) is 2.43. The summed E-state index contributed by atoms with van der Waals surface area (Å²) in [7, 11) is 0. The molecule has 0 aliphatic carbocycles. The van der Waals surface area contributed by atoms with Gasteiger partial charge in [0.15, 0.2) is 0 Å². The molecule has 0 saturated carbocycles. The maximum absolute atomic E-state index is 8.67. The number of hydrogen-bond acceptors (Lipinski definition) is 6. The Bertz CT molecular complexity index is 139.